The second-order valence-electron chi connectivity index (χ2n) is 5.60. The lowest BCUT2D eigenvalue weighted by molar-refractivity contribution is -0.137. The molecule has 0 heterocycles. The third kappa shape index (κ3) is 4.37. The van der Waals surface area contributed by atoms with Crippen molar-refractivity contribution < 1.29 is 24.2 Å². The predicted molar refractivity (Wildman–Crippen MR) is 85.1 cm³/mol. The van der Waals surface area contributed by atoms with Gasteiger partial charge in [0.05, 0.1) is 13.2 Å². The van der Waals surface area contributed by atoms with E-state index in [2.05, 4.69) is 0 Å². The van der Waals surface area contributed by atoms with Gasteiger partial charge < -0.3 is 19.5 Å². The first-order chi connectivity index (χ1) is 11.0. The van der Waals surface area contributed by atoms with E-state index in [1.165, 1.54) is 4.90 Å². The van der Waals surface area contributed by atoms with Crippen LogP contribution in [0, 0.1) is 0 Å². The maximum Gasteiger partial charge on any atom is 0.323 e. The van der Waals surface area contributed by atoms with Gasteiger partial charge in [0.2, 0.25) is 0 Å². The molecule has 1 aliphatic carbocycles. The lowest BCUT2D eigenvalue weighted by atomic mass is 10.1. The number of rotatable bonds is 7. The molecule has 1 N–H and O–H groups in total. The van der Waals surface area contributed by atoms with Gasteiger partial charge in [-0.1, -0.05) is 0 Å². The van der Waals surface area contributed by atoms with Gasteiger partial charge in [-0.2, -0.15) is 0 Å². The van der Waals surface area contributed by atoms with E-state index < -0.39 is 5.97 Å². The smallest absolute Gasteiger partial charge is 0.323 e. The zero-order valence-electron chi connectivity index (χ0n) is 13.6. The molecule has 0 unspecified atom stereocenters. The van der Waals surface area contributed by atoms with Crippen molar-refractivity contribution >= 4 is 11.9 Å². The number of hydrogen-bond donors (Lipinski definition) is 1. The summed E-state index contributed by atoms with van der Waals surface area (Å²) in [5, 5.41) is 8.90. The van der Waals surface area contributed by atoms with Crippen LogP contribution in [0.1, 0.15) is 43.0 Å². The van der Waals surface area contributed by atoms with E-state index in [1.54, 1.807) is 32.2 Å². The minimum absolute atomic E-state index is 0.149. The molecule has 23 heavy (non-hydrogen) atoms. The third-order valence-electron chi connectivity index (χ3n) is 4.00. The number of hydrogen-bond acceptors (Lipinski definition) is 4. The SMILES string of the molecule is CCN(CC(=O)O)C(=O)c1ccc(OC)c(OC2CCCC2)c1. The van der Waals surface area contributed by atoms with E-state index in [1.807, 2.05) is 0 Å². The Morgan fingerprint density at radius 1 is 1.26 bits per heavy atom. The second kappa shape index (κ2) is 7.85. The topological polar surface area (TPSA) is 76.1 Å². The minimum Gasteiger partial charge on any atom is -0.493 e. The summed E-state index contributed by atoms with van der Waals surface area (Å²) < 4.78 is 11.3. The number of methoxy groups -OCH3 is 1. The molecule has 0 spiro atoms. The van der Waals surface area contributed by atoms with Crippen LogP contribution < -0.4 is 9.47 Å². The first kappa shape index (κ1) is 17.1. The van der Waals surface area contributed by atoms with Gasteiger partial charge in [-0.05, 0) is 50.8 Å². The van der Waals surface area contributed by atoms with Crippen molar-refractivity contribution in [2.45, 2.75) is 38.7 Å². The minimum atomic E-state index is -1.03. The van der Waals surface area contributed by atoms with Crippen LogP contribution in [0.2, 0.25) is 0 Å². The van der Waals surface area contributed by atoms with E-state index in [0.717, 1.165) is 25.7 Å². The first-order valence-electron chi connectivity index (χ1n) is 7.91. The van der Waals surface area contributed by atoms with Gasteiger partial charge in [-0.15, -0.1) is 0 Å². The molecule has 0 aromatic heterocycles. The number of carbonyl (C=O) groups excluding carboxylic acids is 1. The van der Waals surface area contributed by atoms with Gasteiger partial charge in [0, 0.05) is 12.1 Å². The number of amides is 1. The lowest BCUT2D eigenvalue weighted by Crippen LogP contribution is -2.35. The molecule has 0 radical (unpaired) electrons. The highest BCUT2D eigenvalue weighted by Crippen LogP contribution is 2.32. The van der Waals surface area contributed by atoms with Crippen molar-refractivity contribution in [1.29, 1.82) is 0 Å². The number of carboxylic acid groups (broad SMARTS) is 1. The van der Waals surface area contributed by atoms with Crippen LogP contribution >= 0.6 is 0 Å². The van der Waals surface area contributed by atoms with E-state index in [9.17, 15) is 9.59 Å². The monoisotopic (exact) mass is 321 g/mol. The second-order valence-corrected chi connectivity index (χ2v) is 5.60. The zero-order chi connectivity index (χ0) is 16.8. The summed E-state index contributed by atoms with van der Waals surface area (Å²) >= 11 is 0. The largest absolute Gasteiger partial charge is 0.493 e. The summed E-state index contributed by atoms with van der Waals surface area (Å²) in [6.45, 7) is 1.76. The molecule has 1 aliphatic rings. The van der Waals surface area contributed by atoms with E-state index in [-0.39, 0.29) is 18.6 Å². The third-order valence-corrected chi connectivity index (χ3v) is 4.00. The van der Waals surface area contributed by atoms with Crippen LogP contribution in [0.25, 0.3) is 0 Å². The van der Waals surface area contributed by atoms with Gasteiger partial charge in [-0.3, -0.25) is 9.59 Å². The van der Waals surface area contributed by atoms with E-state index >= 15 is 0 Å². The van der Waals surface area contributed by atoms with Crippen molar-refractivity contribution in [2.24, 2.45) is 0 Å². The van der Waals surface area contributed by atoms with Crippen LogP contribution in [0.4, 0.5) is 0 Å². The molecule has 0 saturated heterocycles. The fraction of sp³-hybridized carbons (Fsp3) is 0.529. The standard InChI is InChI=1S/C17H23NO5/c1-3-18(11-16(19)20)17(21)12-8-9-14(22-2)15(10-12)23-13-6-4-5-7-13/h8-10,13H,3-7,11H2,1-2H3,(H,19,20). The molecule has 1 saturated carbocycles. The summed E-state index contributed by atoms with van der Waals surface area (Å²) in [6.07, 6.45) is 4.44. The number of aliphatic carboxylic acids is 1. The molecule has 6 heteroatoms. The van der Waals surface area contributed by atoms with Gasteiger partial charge in [0.15, 0.2) is 11.5 Å². The number of likely N-dealkylation sites (N-methyl/N-ethyl adjacent to an activating group) is 1. The first-order valence-corrected chi connectivity index (χ1v) is 7.91. The molecule has 0 aliphatic heterocycles. The highest BCUT2D eigenvalue weighted by atomic mass is 16.5. The molecule has 0 atom stereocenters. The van der Waals surface area contributed by atoms with Crippen LogP contribution in [-0.2, 0) is 4.79 Å². The van der Waals surface area contributed by atoms with E-state index in [0.29, 0.717) is 23.6 Å². The van der Waals surface area contributed by atoms with Gasteiger partial charge in [0.25, 0.3) is 5.91 Å². The van der Waals surface area contributed by atoms with Crippen LogP contribution in [-0.4, -0.2) is 48.2 Å². The van der Waals surface area contributed by atoms with Crippen molar-refractivity contribution in [3.8, 4) is 11.5 Å². The number of nitrogens with zero attached hydrogens (tertiary/aromatic N) is 1. The Labute approximate surface area is 136 Å². The molecule has 6 nitrogen and oxygen atoms in total. The Balaban J connectivity index is 2.21. The molecule has 1 fully saturated rings. The summed E-state index contributed by atoms with van der Waals surface area (Å²) in [5.41, 5.74) is 0.405. The predicted octanol–water partition coefficient (Wildman–Crippen LogP) is 2.56. The molecule has 0 bridgehead atoms. The van der Waals surface area contributed by atoms with Gasteiger partial charge in [-0.25, -0.2) is 0 Å². The molecule has 126 valence electrons. The fourth-order valence-corrected chi connectivity index (χ4v) is 2.76. The molecular formula is C17H23NO5. The number of benzene rings is 1. The molecule has 1 amide bonds. The molecule has 2 rings (SSSR count). The lowest BCUT2D eigenvalue weighted by Gasteiger charge is -2.20. The fourth-order valence-electron chi connectivity index (χ4n) is 2.76. The maximum absolute atomic E-state index is 12.5. The Kier molecular flexibility index (Phi) is 5.84. The Morgan fingerprint density at radius 2 is 1.96 bits per heavy atom. The summed E-state index contributed by atoms with van der Waals surface area (Å²) in [4.78, 5) is 24.6. The van der Waals surface area contributed by atoms with Gasteiger partial charge >= 0.3 is 5.97 Å². The van der Waals surface area contributed by atoms with E-state index in [4.69, 9.17) is 14.6 Å². The maximum atomic E-state index is 12.5. The molecule has 1 aromatic rings. The van der Waals surface area contributed by atoms with Crippen LogP contribution in [0.5, 0.6) is 11.5 Å². The van der Waals surface area contributed by atoms with Crippen molar-refractivity contribution in [3.05, 3.63) is 23.8 Å². The molecule has 1 aromatic carbocycles. The quantitative estimate of drug-likeness (QED) is 0.835. The Bertz CT molecular complexity index is 566. The Hall–Kier alpha value is -2.24. The van der Waals surface area contributed by atoms with Crippen molar-refractivity contribution in [2.75, 3.05) is 20.2 Å². The average Bonchev–Trinajstić information content (AvgIpc) is 3.04. The summed E-state index contributed by atoms with van der Waals surface area (Å²) in [5.74, 6) is -0.240. The number of ether oxygens (including phenoxy) is 2. The van der Waals surface area contributed by atoms with Crippen molar-refractivity contribution in [3.63, 3.8) is 0 Å². The summed E-state index contributed by atoms with van der Waals surface area (Å²) in [6, 6.07) is 4.96. The number of carboxylic acids is 1. The molecular weight excluding hydrogens is 298 g/mol. The average molecular weight is 321 g/mol. The van der Waals surface area contributed by atoms with Crippen molar-refractivity contribution in [1.82, 2.24) is 4.90 Å². The van der Waals surface area contributed by atoms with Crippen LogP contribution in [0.15, 0.2) is 18.2 Å². The number of carbonyl (C=O) groups is 2. The van der Waals surface area contributed by atoms with Gasteiger partial charge in [0.1, 0.15) is 6.54 Å². The van der Waals surface area contributed by atoms with Crippen LogP contribution in [0.3, 0.4) is 0 Å². The highest BCUT2D eigenvalue weighted by Gasteiger charge is 2.21. The Morgan fingerprint density at radius 3 is 2.52 bits per heavy atom. The highest BCUT2D eigenvalue weighted by molar-refractivity contribution is 5.96. The zero-order valence-corrected chi connectivity index (χ0v) is 13.6. The normalized spacial score (nSPS) is 14.5. The summed E-state index contributed by atoms with van der Waals surface area (Å²) in [7, 11) is 1.56.